The summed E-state index contributed by atoms with van der Waals surface area (Å²) in [5, 5.41) is 14.7. The molecule has 3 atom stereocenters. The summed E-state index contributed by atoms with van der Waals surface area (Å²) in [6, 6.07) is 10.00. The SMILES string of the molecule is Cn1cc2cc(Oc3ccc(C(F)(F)F)cc3)cc([C@@H]3C[C@H]3C(=O)N3CCC[C@@H]3C#N)c2n1. The molecule has 0 N–H and O–H groups in total. The number of nitrogens with zero attached hydrogens (tertiary/aromatic N) is 4. The lowest BCUT2D eigenvalue weighted by Gasteiger charge is -2.19. The Balaban J connectivity index is 1.42. The predicted molar refractivity (Wildman–Crippen MR) is 113 cm³/mol. The zero-order valence-corrected chi connectivity index (χ0v) is 17.8. The van der Waals surface area contributed by atoms with Crippen molar-refractivity contribution >= 4 is 16.8 Å². The molecule has 1 aliphatic heterocycles. The van der Waals surface area contributed by atoms with E-state index in [1.54, 1.807) is 22.7 Å². The molecule has 2 aliphatic rings. The molecule has 33 heavy (non-hydrogen) atoms. The fraction of sp³-hybridized carbons (Fsp3) is 0.375. The first-order valence-corrected chi connectivity index (χ1v) is 10.8. The molecule has 0 spiro atoms. The number of benzene rings is 2. The Morgan fingerprint density at radius 2 is 1.97 bits per heavy atom. The second kappa shape index (κ2) is 7.80. The molecular weight excluding hydrogens is 433 g/mol. The van der Waals surface area contributed by atoms with E-state index in [1.165, 1.54) is 12.1 Å². The molecule has 2 aromatic carbocycles. The van der Waals surface area contributed by atoms with E-state index in [4.69, 9.17) is 4.74 Å². The summed E-state index contributed by atoms with van der Waals surface area (Å²) in [6.07, 6.45) is -0.358. The van der Waals surface area contributed by atoms with Crippen LogP contribution in [0, 0.1) is 17.2 Å². The normalized spacial score (nSPS) is 22.4. The number of rotatable bonds is 4. The van der Waals surface area contributed by atoms with E-state index in [0.717, 1.165) is 35.0 Å². The van der Waals surface area contributed by atoms with Crippen LogP contribution in [0.1, 0.15) is 36.3 Å². The Morgan fingerprint density at radius 1 is 1.21 bits per heavy atom. The van der Waals surface area contributed by atoms with E-state index in [1.807, 2.05) is 12.3 Å². The topological polar surface area (TPSA) is 71.2 Å². The van der Waals surface area contributed by atoms with Crippen LogP contribution in [-0.2, 0) is 18.0 Å². The maximum Gasteiger partial charge on any atom is 0.416 e. The van der Waals surface area contributed by atoms with Gasteiger partial charge in [-0.25, -0.2) is 0 Å². The van der Waals surface area contributed by atoms with Gasteiger partial charge >= 0.3 is 6.18 Å². The van der Waals surface area contributed by atoms with Crippen molar-refractivity contribution in [2.75, 3.05) is 6.54 Å². The van der Waals surface area contributed by atoms with Crippen molar-refractivity contribution in [1.82, 2.24) is 14.7 Å². The molecule has 1 saturated heterocycles. The zero-order chi connectivity index (χ0) is 23.3. The van der Waals surface area contributed by atoms with Gasteiger partial charge in [0.05, 0.1) is 17.1 Å². The third-order valence-electron chi connectivity index (χ3n) is 6.34. The average Bonchev–Trinajstić information content (AvgIpc) is 3.25. The fourth-order valence-corrected chi connectivity index (χ4v) is 4.63. The minimum atomic E-state index is -4.41. The molecule has 2 fully saturated rings. The van der Waals surface area contributed by atoms with Crippen molar-refractivity contribution in [3.8, 4) is 17.6 Å². The lowest BCUT2D eigenvalue weighted by atomic mass is 10.0. The van der Waals surface area contributed by atoms with Crippen LogP contribution < -0.4 is 4.74 Å². The highest BCUT2D eigenvalue weighted by Crippen LogP contribution is 2.51. The Labute approximate surface area is 188 Å². The lowest BCUT2D eigenvalue weighted by molar-refractivity contribution is -0.137. The van der Waals surface area contributed by atoms with Gasteiger partial charge in [0.15, 0.2) is 0 Å². The third-order valence-corrected chi connectivity index (χ3v) is 6.34. The van der Waals surface area contributed by atoms with Gasteiger partial charge in [0.2, 0.25) is 5.91 Å². The van der Waals surface area contributed by atoms with Gasteiger partial charge in [-0.15, -0.1) is 0 Å². The van der Waals surface area contributed by atoms with Gasteiger partial charge in [0.1, 0.15) is 17.5 Å². The predicted octanol–water partition coefficient (Wildman–Crippen LogP) is 5.00. The van der Waals surface area contributed by atoms with E-state index in [0.29, 0.717) is 25.1 Å². The first-order valence-electron chi connectivity index (χ1n) is 10.8. The quantitative estimate of drug-likeness (QED) is 0.556. The smallest absolute Gasteiger partial charge is 0.416 e. The van der Waals surface area contributed by atoms with Crippen LogP contribution in [0.2, 0.25) is 0 Å². The highest BCUT2D eigenvalue weighted by Gasteiger charge is 2.48. The molecule has 6 nitrogen and oxygen atoms in total. The number of aromatic nitrogens is 2. The van der Waals surface area contributed by atoms with Gasteiger partial charge in [-0.3, -0.25) is 9.48 Å². The van der Waals surface area contributed by atoms with Crippen molar-refractivity contribution < 1.29 is 22.7 Å². The zero-order valence-electron chi connectivity index (χ0n) is 17.8. The Kier molecular flexibility index (Phi) is 5.04. The van der Waals surface area contributed by atoms with E-state index in [-0.39, 0.29) is 29.5 Å². The molecule has 1 aliphatic carbocycles. The number of aryl methyl sites for hydroxylation is 1. The van der Waals surface area contributed by atoms with E-state index in [9.17, 15) is 23.2 Å². The standard InChI is InChI=1S/C24H21F3N4O2/c1-30-13-14-9-18(33-17-6-4-15(5-7-17)24(25,26)27)10-20(22(14)29-30)19-11-21(19)23(32)31-8-2-3-16(31)12-28/h4-7,9-10,13,16,19,21H,2-3,8,11H2,1H3/t16-,19+,21-/m1/s1. The first-order chi connectivity index (χ1) is 15.7. The van der Waals surface area contributed by atoms with Gasteiger partial charge in [-0.1, -0.05) is 0 Å². The van der Waals surface area contributed by atoms with E-state index < -0.39 is 11.7 Å². The summed E-state index contributed by atoms with van der Waals surface area (Å²) < 4.78 is 46.1. The number of amides is 1. The molecule has 2 heterocycles. The monoisotopic (exact) mass is 454 g/mol. The average molecular weight is 454 g/mol. The summed E-state index contributed by atoms with van der Waals surface area (Å²) in [5.41, 5.74) is 0.909. The van der Waals surface area contributed by atoms with Gasteiger partial charge < -0.3 is 9.64 Å². The number of likely N-dealkylation sites (tertiary alicyclic amines) is 1. The van der Waals surface area contributed by atoms with E-state index in [2.05, 4.69) is 11.2 Å². The number of carbonyl (C=O) groups is 1. The number of hydrogen-bond acceptors (Lipinski definition) is 4. The summed E-state index contributed by atoms with van der Waals surface area (Å²) in [4.78, 5) is 14.7. The number of nitriles is 1. The van der Waals surface area contributed by atoms with Gasteiger partial charge in [-0.05, 0) is 67.1 Å². The molecule has 1 saturated carbocycles. The number of halogens is 3. The third kappa shape index (κ3) is 4.01. The van der Waals surface area contributed by atoms with Crippen LogP contribution in [0.15, 0.2) is 42.6 Å². The van der Waals surface area contributed by atoms with Crippen LogP contribution in [0.3, 0.4) is 0 Å². The number of carbonyl (C=O) groups excluding carboxylic acids is 1. The van der Waals surface area contributed by atoms with Crippen molar-refractivity contribution in [3.05, 3.63) is 53.7 Å². The second-order valence-electron chi connectivity index (χ2n) is 8.64. The Bertz CT molecular complexity index is 1260. The Hall–Kier alpha value is -3.54. The van der Waals surface area contributed by atoms with Crippen LogP contribution in [0.5, 0.6) is 11.5 Å². The molecule has 0 bridgehead atoms. The number of hydrogen-bond donors (Lipinski definition) is 0. The number of ether oxygens (including phenoxy) is 1. The summed E-state index contributed by atoms with van der Waals surface area (Å²) in [6.45, 7) is 0.607. The largest absolute Gasteiger partial charge is 0.457 e. The first kappa shape index (κ1) is 21.3. The molecule has 1 aromatic heterocycles. The molecule has 3 aromatic rings. The second-order valence-corrected chi connectivity index (χ2v) is 8.64. The summed E-state index contributed by atoms with van der Waals surface area (Å²) >= 11 is 0. The molecule has 9 heteroatoms. The Morgan fingerprint density at radius 3 is 2.67 bits per heavy atom. The number of alkyl halides is 3. The molecule has 5 rings (SSSR count). The summed E-state index contributed by atoms with van der Waals surface area (Å²) in [5.74, 6) is 0.521. The molecule has 170 valence electrons. The van der Waals surface area contributed by atoms with Gasteiger partial charge in [-0.2, -0.15) is 23.5 Å². The maximum absolute atomic E-state index is 13.0. The van der Waals surface area contributed by atoms with E-state index >= 15 is 0 Å². The van der Waals surface area contributed by atoms with Crippen LogP contribution in [0.4, 0.5) is 13.2 Å². The fourth-order valence-electron chi connectivity index (χ4n) is 4.63. The highest BCUT2D eigenvalue weighted by molar-refractivity contribution is 5.88. The highest BCUT2D eigenvalue weighted by atomic mass is 19.4. The van der Waals surface area contributed by atoms with Crippen molar-refractivity contribution in [2.45, 2.75) is 37.4 Å². The summed E-state index contributed by atoms with van der Waals surface area (Å²) in [7, 11) is 1.80. The van der Waals surface area contributed by atoms with Gasteiger partial charge in [0.25, 0.3) is 0 Å². The molecular formula is C24H21F3N4O2. The van der Waals surface area contributed by atoms with Crippen LogP contribution >= 0.6 is 0 Å². The van der Waals surface area contributed by atoms with Gasteiger partial charge in [0, 0.05) is 31.1 Å². The minimum Gasteiger partial charge on any atom is -0.457 e. The number of fused-ring (bicyclic) bond motifs is 1. The lowest BCUT2D eigenvalue weighted by Crippen LogP contribution is -2.35. The molecule has 0 unspecified atom stereocenters. The molecule has 0 radical (unpaired) electrons. The molecule has 1 amide bonds. The van der Waals surface area contributed by atoms with Crippen LogP contribution in [0.25, 0.3) is 10.9 Å². The van der Waals surface area contributed by atoms with Crippen LogP contribution in [-0.4, -0.2) is 33.2 Å². The van der Waals surface area contributed by atoms with Crippen molar-refractivity contribution in [1.29, 1.82) is 5.26 Å². The minimum absolute atomic E-state index is 0.00203. The van der Waals surface area contributed by atoms with Crippen molar-refractivity contribution in [2.24, 2.45) is 13.0 Å². The van der Waals surface area contributed by atoms with Crippen molar-refractivity contribution in [3.63, 3.8) is 0 Å². The maximum atomic E-state index is 13.0.